The molecule has 0 spiro atoms. The molecule has 0 amide bonds. The lowest BCUT2D eigenvalue weighted by molar-refractivity contribution is 0.446. The molecule has 0 radical (unpaired) electrons. The summed E-state index contributed by atoms with van der Waals surface area (Å²) in [6.07, 6.45) is 2.85. The number of hydrogen-bond donors (Lipinski definition) is 1. The topological polar surface area (TPSA) is 29.9 Å². The molecule has 0 aromatic carbocycles. The SMILES string of the molecule is CCCNC(C)Cn1ncc(Cl)c1C. The Hall–Kier alpha value is -0.540. The van der Waals surface area contributed by atoms with Crippen molar-refractivity contribution in [2.24, 2.45) is 0 Å². The summed E-state index contributed by atoms with van der Waals surface area (Å²) >= 11 is 5.91. The van der Waals surface area contributed by atoms with Gasteiger partial charge in [0.1, 0.15) is 0 Å². The van der Waals surface area contributed by atoms with Crippen LogP contribution in [0.2, 0.25) is 5.02 Å². The van der Waals surface area contributed by atoms with E-state index in [1.54, 1.807) is 6.20 Å². The summed E-state index contributed by atoms with van der Waals surface area (Å²) < 4.78 is 1.94. The van der Waals surface area contributed by atoms with E-state index in [1.807, 2.05) is 11.6 Å². The van der Waals surface area contributed by atoms with Crippen LogP contribution in [-0.4, -0.2) is 22.4 Å². The molecule has 14 heavy (non-hydrogen) atoms. The van der Waals surface area contributed by atoms with Gasteiger partial charge in [-0.1, -0.05) is 18.5 Å². The Balaban J connectivity index is 2.47. The fourth-order valence-electron chi connectivity index (χ4n) is 1.32. The molecule has 1 N–H and O–H groups in total. The summed E-state index contributed by atoms with van der Waals surface area (Å²) in [7, 11) is 0. The van der Waals surface area contributed by atoms with Crippen molar-refractivity contribution in [1.29, 1.82) is 0 Å². The summed E-state index contributed by atoms with van der Waals surface area (Å²) in [6, 6.07) is 0.435. The molecule has 0 saturated heterocycles. The summed E-state index contributed by atoms with van der Waals surface area (Å²) in [5, 5.41) is 8.36. The van der Waals surface area contributed by atoms with Crippen molar-refractivity contribution in [3.63, 3.8) is 0 Å². The van der Waals surface area contributed by atoms with E-state index >= 15 is 0 Å². The number of nitrogens with one attached hydrogen (secondary N) is 1. The van der Waals surface area contributed by atoms with Gasteiger partial charge in [-0.2, -0.15) is 5.10 Å². The Morgan fingerprint density at radius 2 is 2.36 bits per heavy atom. The molecule has 4 heteroatoms. The van der Waals surface area contributed by atoms with Gasteiger partial charge in [-0.05, 0) is 26.8 Å². The van der Waals surface area contributed by atoms with Crippen LogP contribution in [0.5, 0.6) is 0 Å². The molecule has 3 nitrogen and oxygen atoms in total. The molecule has 80 valence electrons. The van der Waals surface area contributed by atoms with Gasteiger partial charge in [-0.3, -0.25) is 4.68 Å². The predicted molar refractivity (Wildman–Crippen MR) is 59.7 cm³/mol. The molecule has 0 aliphatic carbocycles. The Labute approximate surface area is 90.4 Å². The van der Waals surface area contributed by atoms with Crippen LogP contribution in [0.1, 0.15) is 26.0 Å². The van der Waals surface area contributed by atoms with Gasteiger partial charge in [-0.15, -0.1) is 0 Å². The molecular formula is C10H18ClN3. The van der Waals surface area contributed by atoms with Gasteiger partial charge in [0.05, 0.1) is 23.5 Å². The van der Waals surface area contributed by atoms with Crippen molar-refractivity contribution < 1.29 is 0 Å². The van der Waals surface area contributed by atoms with Gasteiger partial charge in [-0.25, -0.2) is 0 Å². The number of halogens is 1. The fraction of sp³-hybridized carbons (Fsp3) is 0.700. The second-order valence-corrected chi connectivity index (χ2v) is 4.02. The van der Waals surface area contributed by atoms with Crippen LogP contribution in [0.25, 0.3) is 0 Å². The maximum atomic E-state index is 5.91. The third kappa shape index (κ3) is 3.00. The van der Waals surface area contributed by atoms with E-state index in [2.05, 4.69) is 24.3 Å². The summed E-state index contributed by atoms with van der Waals surface area (Å²) in [4.78, 5) is 0. The highest BCUT2D eigenvalue weighted by atomic mass is 35.5. The molecule has 1 unspecified atom stereocenters. The quantitative estimate of drug-likeness (QED) is 0.817. The highest BCUT2D eigenvalue weighted by Gasteiger charge is 2.07. The molecule has 0 fully saturated rings. The van der Waals surface area contributed by atoms with Crippen LogP contribution < -0.4 is 5.32 Å². The van der Waals surface area contributed by atoms with Crippen molar-refractivity contribution >= 4 is 11.6 Å². The van der Waals surface area contributed by atoms with Gasteiger partial charge in [0.25, 0.3) is 0 Å². The first kappa shape index (κ1) is 11.5. The predicted octanol–water partition coefficient (Wildman–Crippen LogP) is 2.23. The van der Waals surface area contributed by atoms with Crippen LogP contribution in [0.15, 0.2) is 6.20 Å². The van der Waals surface area contributed by atoms with Crippen molar-refractivity contribution in [1.82, 2.24) is 15.1 Å². The van der Waals surface area contributed by atoms with Gasteiger partial charge < -0.3 is 5.32 Å². The molecule has 1 atom stereocenters. The lowest BCUT2D eigenvalue weighted by Crippen LogP contribution is -2.31. The molecular weight excluding hydrogens is 198 g/mol. The van der Waals surface area contributed by atoms with Crippen molar-refractivity contribution in [2.75, 3.05) is 6.54 Å². The van der Waals surface area contributed by atoms with Crippen LogP contribution in [-0.2, 0) is 6.54 Å². The average Bonchev–Trinajstić information content (AvgIpc) is 2.46. The van der Waals surface area contributed by atoms with Gasteiger partial charge in [0.2, 0.25) is 0 Å². The van der Waals surface area contributed by atoms with Crippen molar-refractivity contribution in [3.8, 4) is 0 Å². The molecule has 1 rings (SSSR count). The largest absolute Gasteiger partial charge is 0.312 e. The van der Waals surface area contributed by atoms with Crippen molar-refractivity contribution in [2.45, 2.75) is 39.8 Å². The average molecular weight is 216 g/mol. The minimum Gasteiger partial charge on any atom is -0.312 e. The second kappa shape index (κ2) is 5.37. The van der Waals surface area contributed by atoms with Crippen LogP contribution in [0, 0.1) is 6.92 Å². The fourth-order valence-corrected chi connectivity index (χ4v) is 1.46. The minimum absolute atomic E-state index is 0.435. The molecule has 0 aliphatic heterocycles. The molecule has 0 aliphatic rings. The zero-order valence-corrected chi connectivity index (χ0v) is 9.80. The zero-order valence-electron chi connectivity index (χ0n) is 9.05. The van der Waals surface area contributed by atoms with Crippen LogP contribution in [0.4, 0.5) is 0 Å². The Morgan fingerprint density at radius 3 is 2.86 bits per heavy atom. The normalized spacial score (nSPS) is 13.1. The summed E-state index contributed by atoms with van der Waals surface area (Å²) in [6.45, 7) is 8.23. The first-order valence-electron chi connectivity index (χ1n) is 5.06. The Kier molecular flexibility index (Phi) is 4.42. The minimum atomic E-state index is 0.435. The second-order valence-electron chi connectivity index (χ2n) is 3.62. The molecule has 0 saturated carbocycles. The number of aromatic nitrogens is 2. The van der Waals surface area contributed by atoms with Crippen LogP contribution in [0.3, 0.4) is 0 Å². The van der Waals surface area contributed by atoms with E-state index in [1.165, 1.54) is 0 Å². The third-order valence-corrected chi connectivity index (χ3v) is 2.60. The molecule has 1 aromatic heterocycles. The maximum absolute atomic E-state index is 5.91. The highest BCUT2D eigenvalue weighted by molar-refractivity contribution is 6.31. The van der Waals surface area contributed by atoms with E-state index in [0.29, 0.717) is 6.04 Å². The van der Waals surface area contributed by atoms with E-state index < -0.39 is 0 Å². The summed E-state index contributed by atoms with van der Waals surface area (Å²) in [5.41, 5.74) is 1.04. The number of nitrogens with zero attached hydrogens (tertiary/aromatic N) is 2. The van der Waals surface area contributed by atoms with E-state index in [9.17, 15) is 0 Å². The van der Waals surface area contributed by atoms with Gasteiger partial charge in [0, 0.05) is 6.04 Å². The lowest BCUT2D eigenvalue weighted by atomic mass is 10.3. The lowest BCUT2D eigenvalue weighted by Gasteiger charge is -2.14. The molecule has 0 bridgehead atoms. The molecule has 1 aromatic rings. The smallest absolute Gasteiger partial charge is 0.0814 e. The summed E-state index contributed by atoms with van der Waals surface area (Å²) in [5.74, 6) is 0. The zero-order chi connectivity index (χ0) is 10.6. The van der Waals surface area contributed by atoms with E-state index in [-0.39, 0.29) is 0 Å². The van der Waals surface area contributed by atoms with E-state index in [4.69, 9.17) is 11.6 Å². The Morgan fingerprint density at radius 1 is 1.64 bits per heavy atom. The first-order chi connectivity index (χ1) is 6.65. The number of rotatable bonds is 5. The van der Waals surface area contributed by atoms with Gasteiger partial charge >= 0.3 is 0 Å². The monoisotopic (exact) mass is 215 g/mol. The van der Waals surface area contributed by atoms with Crippen LogP contribution >= 0.6 is 11.6 Å². The number of hydrogen-bond acceptors (Lipinski definition) is 2. The standard InChI is InChI=1S/C10H18ClN3/c1-4-5-12-8(2)7-14-9(3)10(11)6-13-14/h6,8,12H,4-5,7H2,1-3H3. The maximum Gasteiger partial charge on any atom is 0.0814 e. The van der Waals surface area contributed by atoms with E-state index in [0.717, 1.165) is 30.2 Å². The van der Waals surface area contributed by atoms with Gasteiger partial charge in [0.15, 0.2) is 0 Å². The first-order valence-corrected chi connectivity index (χ1v) is 5.44. The van der Waals surface area contributed by atoms with Crippen molar-refractivity contribution in [3.05, 3.63) is 16.9 Å². The molecule has 1 heterocycles. The third-order valence-electron chi connectivity index (χ3n) is 2.23. The Bertz CT molecular complexity index is 283. The highest BCUT2D eigenvalue weighted by Crippen LogP contribution is 2.13.